The molecular formula is C21H27N3O3S. The summed E-state index contributed by atoms with van der Waals surface area (Å²) in [7, 11) is 0. The number of amides is 1. The van der Waals surface area contributed by atoms with E-state index < -0.39 is 0 Å². The fourth-order valence-corrected chi connectivity index (χ4v) is 4.59. The number of ether oxygens (including phenoxy) is 2. The Hall–Kier alpha value is -1.93. The minimum Gasteiger partial charge on any atom is -0.380 e. The van der Waals surface area contributed by atoms with E-state index in [0.717, 1.165) is 38.5 Å². The van der Waals surface area contributed by atoms with E-state index in [1.165, 1.54) is 10.4 Å². The maximum Gasteiger partial charge on any atom is 0.251 e. The highest BCUT2D eigenvalue weighted by molar-refractivity contribution is 7.10. The molecule has 1 aromatic heterocycles. The largest absolute Gasteiger partial charge is 0.380 e. The van der Waals surface area contributed by atoms with Gasteiger partial charge in [-0.3, -0.25) is 9.69 Å². The van der Waals surface area contributed by atoms with E-state index in [1.807, 2.05) is 24.3 Å². The van der Waals surface area contributed by atoms with Crippen molar-refractivity contribution in [3.8, 4) is 0 Å². The van der Waals surface area contributed by atoms with E-state index in [1.54, 1.807) is 11.3 Å². The van der Waals surface area contributed by atoms with Crippen molar-refractivity contribution in [3.05, 3.63) is 51.7 Å². The van der Waals surface area contributed by atoms with Crippen LogP contribution < -0.4 is 10.6 Å². The fourth-order valence-electron chi connectivity index (χ4n) is 3.74. The zero-order chi connectivity index (χ0) is 19.3. The first-order valence-corrected chi connectivity index (χ1v) is 10.7. The number of hydrogen-bond acceptors (Lipinski definition) is 6. The lowest BCUT2D eigenvalue weighted by Gasteiger charge is -2.34. The van der Waals surface area contributed by atoms with Gasteiger partial charge < -0.3 is 20.1 Å². The van der Waals surface area contributed by atoms with Crippen molar-refractivity contribution in [1.82, 2.24) is 10.2 Å². The molecule has 0 spiro atoms. The van der Waals surface area contributed by atoms with Crippen molar-refractivity contribution < 1.29 is 14.3 Å². The van der Waals surface area contributed by atoms with Crippen molar-refractivity contribution in [2.45, 2.75) is 25.6 Å². The number of thiophene rings is 1. The molecule has 1 aromatic carbocycles. The molecule has 2 N–H and O–H groups in total. The monoisotopic (exact) mass is 401 g/mol. The number of nitrogens with one attached hydrogen (secondary N) is 2. The fraction of sp³-hybridized carbons (Fsp3) is 0.476. The number of nitrogens with zero attached hydrogens (tertiary/aromatic N) is 1. The van der Waals surface area contributed by atoms with Crippen molar-refractivity contribution >= 4 is 22.9 Å². The number of rotatable bonds is 6. The third-order valence-corrected chi connectivity index (χ3v) is 6.45. The van der Waals surface area contributed by atoms with E-state index in [4.69, 9.17) is 9.47 Å². The maximum atomic E-state index is 12.8. The lowest BCUT2D eigenvalue weighted by Crippen LogP contribution is -2.54. The van der Waals surface area contributed by atoms with Gasteiger partial charge in [0, 0.05) is 35.8 Å². The highest BCUT2D eigenvalue weighted by Gasteiger charge is 2.35. The number of anilines is 1. The molecule has 2 aliphatic heterocycles. The number of aryl methyl sites for hydroxylation is 1. The molecule has 6 nitrogen and oxygen atoms in total. The topological polar surface area (TPSA) is 62.8 Å². The quantitative estimate of drug-likeness (QED) is 0.779. The van der Waals surface area contributed by atoms with Crippen LogP contribution in [0.1, 0.15) is 20.8 Å². The number of carbonyl (C=O) groups is 1. The molecule has 1 amide bonds. The number of carbonyl (C=O) groups excluding carboxylic acids is 1. The van der Waals surface area contributed by atoms with E-state index >= 15 is 0 Å². The highest BCUT2D eigenvalue weighted by Crippen LogP contribution is 2.19. The Morgan fingerprint density at radius 2 is 2.07 bits per heavy atom. The van der Waals surface area contributed by atoms with Gasteiger partial charge in [0.05, 0.1) is 38.5 Å². The zero-order valence-corrected chi connectivity index (χ0v) is 17.0. The molecule has 2 atom stereocenters. The third-order valence-electron chi connectivity index (χ3n) is 5.43. The van der Waals surface area contributed by atoms with Crippen LogP contribution in [-0.2, 0) is 16.0 Å². The molecule has 28 heavy (non-hydrogen) atoms. The van der Waals surface area contributed by atoms with Gasteiger partial charge in [0.15, 0.2) is 0 Å². The van der Waals surface area contributed by atoms with Crippen LogP contribution in [0.4, 0.5) is 5.69 Å². The Bertz CT molecular complexity index is 804. The van der Waals surface area contributed by atoms with Gasteiger partial charge in [0.25, 0.3) is 5.91 Å². The molecule has 2 aromatic rings. The number of benzene rings is 1. The third kappa shape index (κ3) is 4.55. The summed E-state index contributed by atoms with van der Waals surface area (Å²) in [6.07, 6.45) is 0. The van der Waals surface area contributed by atoms with Gasteiger partial charge >= 0.3 is 0 Å². The van der Waals surface area contributed by atoms with Crippen molar-refractivity contribution in [1.29, 1.82) is 0 Å². The summed E-state index contributed by atoms with van der Waals surface area (Å²) < 4.78 is 11.1. The van der Waals surface area contributed by atoms with E-state index in [9.17, 15) is 4.79 Å². The molecule has 2 fully saturated rings. The average Bonchev–Trinajstić information content (AvgIpc) is 3.36. The Kier molecular flexibility index (Phi) is 6.26. The van der Waals surface area contributed by atoms with Crippen LogP contribution >= 0.6 is 11.3 Å². The smallest absolute Gasteiger partial charge is 0.251 e. The lowest BCUT2D eigenvalue weighted by atomic mass is 10.1. The Labute approximate surface area is 169 Å². The summed E-state index contributed by atoms with van der Waals surface area (Å²) in [5.74, 6) is -0.0512. The molecule has 0 unspecified atom stereocenters. The molecule has 2 saturated heterocycles. The summed E-state index contributed by atoms with van der Waals surface area (Å²) >= 11 is 1.75. The van der Waals surface area contributed by atoms with Gasteiger partial charge in [0.2, 0.25) is 0 Å². The lowest BCUT2D eigenvalue weighted by molar-refractivity contribution is 0.0108. The van der Waals surface area contributed by atoms with Crippen molar-refractivity contribution in [2.24, 2.45) is 0 Å². The maximum absolute atomic E-state index is 12.8. The van der Waals surface area contributed by atoms with Gasteiger partial charge in [-0.05, 0) is 42.1 Å². The standard InChI is InChI=1S/C21H27N3O3S/c1-15-5-10-28-20(15)12-22-17-4-2-3-16(11-17)21(25)23-18-13-27-14-19(18)24-6-8-26-9-7-24/h2-5,10-11,18-19,22H,6-9,12-14H2,1H3,(H,23,25)/t18-,19-/m1/s1. The van der Waals surface area contributed by atoms with Crippen LogP contribution in [0.15, 0.2) is 35.7 Å². The normalized spacial score (nSPS) is 22.9. The average molecular weight is 402 g/mol. The molecule has 7 heteroatoms. The van der Waals surface area contributed by atoms with Gasteiger partial charge in [-0.15, -0.1) is 11.3 Å². The van der Waals surface area contributed by atoms with E-state index in [0.29, 0.717) is 18.8 Å². The molecule has 3 heterocycles. The number of morpholine rings is 1. The minimum atomic E-state index is -0.0512. The molecule has 0 aliphatic carbocycles. The van der Waals surface area contributed by atoms with Crippen LogP contribution in [0.25, 0.3) is 0 Å². The molecule has 4 rings (SSSR count). The summed E-state index contributed by atoms with van der Waals surface area (Å²) in [6.45, 7) is 7.37. The van der Waals surface area contributed by atoms with Gasteiger partial charge in [-0.25, -0.2) is 0 Å². The Balaban J connectivity index is 1.37. The van der Waals surface area contributed by atoms with Gasteiger partial charge in [-0.2, -0.15) is 0 Å². The molecule has 2 aliphatic rings. The second kappa shape index (κ2) is 9.05. The molecule has 150 valence electrons. The Morgan fingerprint density at radius 1 is 1.21 bits per heavy atom. The highest BCUT2D eigenvalue weighted by atomic mass is 32.1. The second-order valence-corrected chi connectivity index (χ2v) is 8.29. The van der Waals surface area contributed by atoms with Crippen LogP contribution in [0, 0.1) is 6.92 Å². The van der Waals surface area contributed by atoms with E-state index in [-0.39, 0.29) is 18.0 Å². The summed E-state index contributed by atoms with van der Waals surface area (Å²) in [4.78, 5) is 16.5. The predicted molar refractivity (Wildman–Crippen MR) is 111 cm³/mol. The summed E-state index contributed by atoms with van der Waals surface area (Å²) in [6, 6.07) is 10.0. The van der Waals surface area contributed by atoms with E-state index in [2.05, 4.69) is 33.9 Å². The predicted octanol–water partition coefficient (Wildman–Crippen LogP) is 2.50. The molecule has 0 bridgehead atoms. The minimum absolute atomic E-state index is 0.0102. The molecular weight excluding hydrogens is 374 g/mol. The first kappa shape index (κ1) is 19.4. The van der Waals surface area contributed by atoms with Crippen molar-refractivity contribution in [3.63, 3.8) is 0 Å². The molecule has 0 saturated carbocycles. The SMILES string of the molecule is Cc1ccsc1CNc1cccc(C(=O)N[C@@H]2COC[C@H]2N2CCOCC2)c1. The van der Waals surface area contributed by atoms with Crippen LogP contribution in [0.5, 0.6) is 0 Å². The Morgan fingerprint density at radius 3 is 2.86 bits per heavy atom. The molecule has 0 radical (unpaired) electrons. The zero-order valence-electron chi connectivity index (χ0n) is 16.1. The van der Waals surface area contributed by atoms with Gasteiger partial charge in [-0.1, -0.05) is 6.07 Å². The second-order valence-electron chi connectivity index (χ2n) is 7.29. The summed E-state index contributed by atoms with van der Waals surface area (Å²) in [5.41, 5.74) is 2.91. The van der Waals surface area contributed by atoms with Gasteiger partial charge in [0.1, 0.15) is 0 Å². The van der Waals surface area contributed by atoms with Crippen LogP contribution in [0.3, 0.4) is 0 Å². The van der Waals surface area contributed by atoms with Crippen molar-refractivity contribution in [2.75, 3.05) is 44.8 Å². The van der Waals surface area contributed by atoms with Crippen LogP contribution in [-0.4, -0.2) is 62.4 Å². The van der Waals surface area contributed by atoms with Crippen LogP contribution in [0.2, 0.25) is 0 Å². The first-order chi connectivity index (χ1) is 13.7. The first-order valence-electron chi connectivity index (χ1n) is 9.78. The summed E-state index contributed by atoms with van der Waals surface area (Å²) in [5, 5.41) is 8.70. The number of hydrogen-bond donors (Lipinski definition) is 2.